The molecule has 3 aromatic rings. The first-order valence-electron chi connectivity index (χ1n) is 7.75. The van der Waals surface area contributed by atoms with Crippen LogP contribution in [-0.2, 0) is 9.53 Å². The number of methoxy groups -OCH3 is 1. The zero-order valence-corrected chi connectivity index (χ0v) is 15.7. The first-order chi connectivity index (χ1) is 13.0. The van der Waals surface area contributed by atoms with Crippen LogP contribution in [0.3, 0.4) is 0 Å². The molecule has 0 bridgehead atoms. The summed E-state index contributed by atoms with van der Waals surface area (Å²) in [5.41, 5.74) is 7.50. The molecule has 2 heterocycles. The van der Waals surface area contributed by atoms with E-state index in [0.29, 0.717) is 15.7 Å². The molecular weight excluding hydrogens is 389 g/mol. The quantitative estimate of drug-likeness (QED) is 0.338. The molecule has 0 aliphatic rings. The Balaban J connectivity index is 1.73. The molecule has 4 N–H and O–H groups in total. The van der Waals surface area contributed by atoms with Crippen LogP contribution >= 0.6 is 23.2 Å². The summed E-state index contributed by atoms with van der Waals surface area (Å²) in [6.07, 6.45) is 7.83. The number of nitrogens with zero attached hydrogens (tertiary/aromatic N) is 2. The maximum atomic E-state index is 12.2. The largest absolute Gasteiger partial charge is 0.491 e. The minimum Gasteiger partial charge on any atom is -0.491 e. The topological polar surface area (TPSA) is 106 Å². The summed E-state index contributed by atoms with van der Waals surface area (Å²) in [5.74, 6) is -0.199. The van der Waals surface area contributed by atoms with E-state index in [-0.39, 0.29) is 11.7 Å². The van der Waals surface area contributed by atoms with Gasteiger partial charge in [0.15, 0.2) is 5.76 Å². The lowest BCUT2D eigenvalue weighted by Gasteiger charge is -2.06. The number of carbonyl (C=O) groups excluding carboxylic acids is 1. The Bertz CT molecular complexity index is 1000. The van der Waals surface area contributed by atoms with Crippen molar-refractivity contribution in [1.29, 1.82) is 0 Å². The molecule has 9 heteroatoms. The van der Waals surface area contributed by atoms with Crippen LogP contribution < -0.4 is 11.1 Å². The van der Waals surface area contributed by atoms with Crippen molar-refractivity contribution in [3.05, 3.63) is 64.2 Å². The van der Waals surface area contributed by atoms with Crippen molar-refractivity contribution in [2.45, 2.75) is 0 Å². The molecule has 0 radical (unpaired) electrons. The first-order valence-corrected chi connectivity index (χ1v) is 8.51. The average Bonchev–Trinajstić information content (AvgIpc) is 3.02. The Kier molecular flexibility index (Phi) is 5.63. The number of nitrogens with one attached hydrogen (secondary N) is 2. The lowest BCUT2D eigenvalue weighted by atomic mass is 10.2. The van der Waals surface area contributed by atoms with Crippen molar-refractivity contribution in [1.82, 2.24) is 15.0 Å². The number of carbonyl (C=O) groups is 1. The molecule has 27 heavy (non-hydrogen) atoms. The molecule has 0 spiro atoms. The van der Waals surface area contributed by atoms with Crippen molar-refractivity contribution in [2.75, 3.05) is 18.2 Å². The summed E-state index contributed by atoms with van der Waals surface area (Å²) < 4.78 is 5.12. The number of nitrogen functional groups attached to an aromatic ring is 1. The van der Waals surface area contributed by atoms with E-state index in [0.717, 1.165) is 16.6 Å². The average molecular weight is 404 g/mol. The molecule has 0 fully saturated rings. The summed E-state index contributed by atoms with van der Waals surface area (Å²) in [6, 6.07) is 5.46. The Hall–Kier alpha value is -3.03. The Morgan fingerprint density at radius 3 is 2.63 bits per heavy atom. The zero-order chi connectivity index (χ0) is 19.4. The van der Waals surface area contributed by atoms with Gasteiger partial charge in [0.05, 0.1) is 35.2 Å². The SMILES string of the molecule is COC(=CC=Cc1cc2cc(Cl)c(Cl)cc2[nH]1)C(=O)Nc1cnc(N)nc1. The molecule has 0 atom stereocenters. The van der Waals surface area contributed by atoms with E-state index >= 15 is 0 Å². The summed E-state index contributed by atoms with van der Waals surface area (Å²) in [5, 5.41) is 4.52. The van der Waals surface area contributed by atoms with Crippen LogP contribution in [0.4, 0.5) is 11.6 Å². The fraction of sp³-hybridized carbons (Fsp3) is 0.0556. The highest BCUT2D eigenvalue weighted by Crippen LogP contribution is 2.28. The molecule has 0 saturated heterocycles. The van der Waals surface area contributed by atoms with Crippen molar-refractivity contribution in [2.24, 2.45) is 0 Å². The Labute approximate surface area is 164 Å². The number of H-pyrrole nitrogens is 1. The van der Waals surface area contributed by atoms with E-state index in [1.54, 1.807) is 30.4 Å². The van der Waals surface area contributed by atoms with Gasteiger partial charge in [-0.05, 0) is 30.4 Å². The third-order valence-corrected chi connectivity index (χ3v) is 4.30. The minimum atomic E-state index is -0.439. The Morgan fingerprint density at radius 1 is 1.22 bits per heavy atom. The molecular formula is C18H15Cl2N5O2. The van der Waals surface area contributed by atoms with Crippen LogP contribution in [0.1, 0.15) is 5.69 Å². The van der Waals surface area contributed by atoms with Gasteiger partial charge in [0.1, 0.15) is 0 Å². The van der Waals surface area contributed by atoms with Gasteiger partial charge >= 0.3 is 0 Å². The van der Waals surface area contributed by atoms with Gasteiger partial charge in [0.25, 0.3) is 5.91 Å². The van der Waals surface area contributed by atoms with Crippen LogP contribution in [-0.4, -0.2) is 28.0 Å². The van der Waals surface area contributed by atoms with Crippen LogP contribution in [0.15, 0.2) is 48.5 Å². The number of halogens is 2. The smallest absolute Gasteiger partial charge is 0.290 e. The highest BCUT2D eigenvalue weighted by atomic mass is 35.5. The second kappa shape index (κ2) is 8.11. The van der Waals surface area contributed by atoms with Gasteiger partial charge in [-0.15, -0.1) is 0 Å². The van der Waals surface area contributed by atoms with Crippen molar-refractivity contribution >= 4 is 57.7 Å². The molecule has 0 saturated carbocycles. The standard InChI is InChI=1S/C18H15Cl2N5O2/c1-27-16(17(26)25-12-8-22-18(21)23-9-12)4-2-3-11-5-10-6-13(19)14(20)7-15(10)24-11/h2-9,24H,1H3,(H,25,26)(H2,21,22,23). The predicted octanol–water partition coefficient (Wildman–Crippen LogP) is 4.03. The fourth-order valence-corrected chi connectivity index (χ4v) is 2.65. The number of aromatic amines is 1. The van der Waals surface area contributed by atoms with Gasteiger partial charge in [0.2, 0.25) is 5.95 Å². The maximum absolute atomic E-state index is 12.2. The van der Waals surface area contributed by atoms with Crippen molar-refractivity contribution in [3.63, 3.8) is 0 Å². The number of hydrogen-bond donors (Lipinski definition) is 3. The number of hydrogen-bond acceptors (Lipinski definition) is 5. The monoisotopic (exact) mass is 403 g/mol. The molecule has 1 aromatic carbocycles. The number of amides is 1. The number of rotatable bonds is 5. The summed E-state index contributed by atoms with van der Waals surface area (Å²) >= 11 is 12.0. The number of aromatic nitrogens is 3. The lowest BCUT2D eigenvalue weighted by Crippen LogP contribution is -2.16. The molecule has 3 rings (SSSR count). The van der Waals surface area contributed by atoms with Gasteiger partial charge in [-0.3, -0.25) is 4.79 Å². The fourth-order valence-electron chi connectivity index (χ4n) is 2.31. The van der Waals surface area contributed by atoms with E-state index in [1.807, 2.05) is 6.07 Å². The van der Waals surface area contributed by atoms with Crippen molar-refractivity contribution < 1.29 is 9.53 Å². The van der Waals surface area contributed by atoms with Gasteiger partial charge < -0.3 is 20.8 Å². The molecule has 0 unspecified atom stereocenters. The van der Waals surface area contributed by atoms with E-state index in [9.17, 15) is 4.79 Å². The zero-order valence-electron chi connectivity index (χ0n) is 14.2. The van der Waals surface area contributed by atoms with E-state index in [4.69, 9.17) is 33.7 Å². The molecule has 0 aliphatic heterocycles. The number of ether oxygens (including phenoxy) is 1. The van der Waals surface area contributed by atoms with Gasteiger partial charge in [-0.2, -0.15) is 0 Å². The molecule has 7 nitrogen and oxygen atoms in total. The minimum absolute atomic E-state index is 0.116. The number of nitrogens with two attached hydrogens (primary N) is 1. The molecule has 0 aliphatic carbocycles. The first kappa shape index (κ1) is 18.8. The van der Waals surface area contributed by atoms with E-state index < -0.39 is 5.91 Å². The summed E-state index contributed by atoms with van der Waals surface area (Å²) in [6.45, 7) is 0. The predicted molar refractivity (Wildman–Crippen MR) is 108 cm³/mol. The Morgan fingerprint density at radius 2 is 1.93 bits per heavy atom. The second-order valence-electron chi connectivity index (χ2n) is 5.46. The van der Waals surface area contributed by atoms with E-state index in [2.05, 4.69) is 20.3 Å². The van der Waals surface area contributed by atoms with Gasteiger partial charge in [0, 0.05) is 16.6 Å². The number of anilines is 2. The molecule has 138 valence electrons. The number of fused-ring (bicyclic) bond motifs is 1. The van der Waals surface area contributed by atoms with Crippen LogP contribution in [0.5, 0.6) is 0 Å². The maximum Gasteiger partial charge on any atom is 0.290 e. The lowest BCUT2D eigenvalue weighted by molar-refractivity contribution is -0.115. The number of benzene rings is 1. The number of allylic oxidation sites excluding steroid dienone is 2. The third-order valence-electron chi connectivity index (χ3n) is 3.58. The highest BCUT2D eigenvalue weighted by Gasteiger charge is 2.09. The van der Waals surface area contributed by atoms with Gasteiger partial charge in [-0.25, -0.2) is 9.97 Å². The second-order valence-corrected chi connectivity index (χ2v) is 6.27. The molecule has 1 amide bonds. The summed E-state index contributed by atoms with van der Waals surface area (Å²) in [7, 11) is 1.41. The van der Waals surface area contributed by atoms with Crippen LogP contribution in [0.2, 0.25) is 10.0 Å². The van der Waals surface area contributed by atoms with Gasteiger partial charge in [-0.1, -0.05) is 29.3 Å². The molecule has 2 aromatic heterocycles. The normalized spacial score (nSPS) is 11.9. The summed E-state index contributed by atoms with van der Waals surface area (Å²) in [4.78, 5) is 23.0. The van der Waals surface area contributed by atoms with Crippen molar-refractivity contribution in [3.8, 4) is 0 Å². The highest BCUT2D eigenvalue weighted by molar-refractivity contribution is 6.42. The van der Waals surface area contributed by atoms with Crippen LogP contribution in [0.25, 0.3) is 17.0 Å². The van der Waals surface area contributed by atoms with E-state index in [1.165, 1.54) is 19.5 Å². The van der Waals surface area contributed by atoms with Crippen LogP contribution in [0, 0.1) is 0 Å². The third kappa shape index (κ3) is 4.58.